The molecule has 0 aromatic rings. The maximum Gasteiger partial charge on any atom is 0.219 e. The largest absolute Gasteiger partial charge is 0.343 e. The molecule has 4 heteroatoms. The first kappa shape index (κ1) is 14.5. The van der Waals surface area contributed by atoms with Gasteiger partial charge in [-0.1, -0.05) is 0 Å². The second kappa shape index (κ2) is 6.97. The Hall–Kier alpha value is -0.610. The summed E-state index contributed by atoms with van der Waals surface area (Å²) in [5.74, 6) is 0.936. The fourth-order valence-electron chi connectivity index (χ4n) is 2.49. The molecular weight excluding hydrogens is 214 g/mol. The summed E-state index contributed by atoms with van der Waals surface area (Å²) in [6.07, 6.45) is 2.26. The second-order valence-electron chi connectivity index (χ2n) is 5.33. The molecule has 0 spiro atoms. The summed E-state index contributed by atoms with van der Waals surface area (Å²) in [6.45, 7) is 10.8. The topological polar surface area (TPSA) is 49.6 Å². The van der Waals surface area contributed by atoms with Gasteiger partial charge in [0.05, 0.1) is 0 Å². The Labute approximate surface area is 105 Å². The zero-order valence-corrected chi connectivity index (χ0v) is 11.5. The summed E-state index contributed by atoms with van der Waals surface area (Å²) < 4.78 is 0. The van der Waals surface area contributed by atoms with Gasteiger partial charge in [-0.15, -0.1) is 0 Å². The van der Waals surface area contributed by atoms with Crippen molar-refractivity contribution in [3.05, 3.63) is 0 Å². The SMILES string of the molecule is CC(=O)N1CCC(CN(CCN)C(C)C)CC1. The molecule has 1 heterocycles. The van der Waals surface area contributed by atoms with E-state index in [0.29, 0.717) is 6.04 Å². The maximum atomic E-state index is 11.2. The van der Waals surface area contributed by atoms with Crippen molar-refractivity contribution < 1.29 is 4.79 Å². The van der Waals surface area contributed by atoms with Crippen molar-refractivity contribution in [2.24, 2.45) is 11.7 Å². The summed E-state index contributed by atoms with van der Waals surface area (Å²) in [5.41, 5.74) is 5.64. The number of nitrogens with zero attached hydrogens (tertiary/aromatic N) is 2. The van der Waals surface area contributed by atoms with E-state index < -0.39 is 0 Å². The fourth-order valence-corrected chi connectivity index (χ4v) is 2.49. The first-order chi connectivity index (χ1) is 8.04. The molecule has 1 fully saturated rings. The van der Waals surface area contributed by atoms with Crippen LogP contribution in [0.4, 0.5) is 0 Å². The lowest BCUT2D eigenvalue weighted by Gasteiger charge is -2.35. The van der Waals surface area contributed by atoms with E-state index in [1.54, 1.807) is 6.92 Å². The van der Waals surface area contributed by atoms with Crippen molar-refractivity contribution in [3.63, 3.8) is 0 Å². The molecule has 0 atom stereocenters. The quantitative estimate of drug-likeness (QED) is 0.778. The third kappa shape index (κ3) is 4.64. The average Bonchev–Trinajstić information content (AvgIpc) is 2.29. The number of carbonyl (C=O) groups is 1. The highest BCUT2D eigenvalue weighted by Gasteiger charge is 2.23. The van der Waals surface area contributed by atoms with Crippen LogP contribution < -0.4 is 5.73 Å². The third-order valence-electron chi connectivity index (χ3n) is 3.70. The summed E-state index contributed by atoms with van der Waals surface area (Å²) in [4.78, 5) is 15.6. The number of nitrogens with two attached hydrogens (primary N) is 1. The van der Waals surface area contributed by atoms with Crippen molar-refractivity contribution in [2.45, 2.75) is 39.7 Å². The van der Waals surface area contributed by atoms with E-state index in [-0.39, 0.29) is 5.91 Å². The predicted octanol–water partition coefficient (Wildman–Crippen LogP) is 0.914. The monoisotopic (exact) mass is 241 g/mol. The van der Waals surface area contributed by atoms with E-state index in [0.717, 1.165) is 51.5 Å². The van der Waals surface area contributed by atoms with Crippen molar-refractivity contribution in [2.75, 3.05) is 32.7 Å². The molecule has 0 saturated carbocycles. The molecule has 0 aromatic heterocycles. The molecule has 2 N–H and O–H groups in total. The Kier molecular flexibility index (Phi) is 5.92. The first-order valence-electron chi connectivity index (χ1n) is 6.74. The first-order valence-corrected chi connectivity index (χ1v) is 6.74. The molecule has 1 aliphatic heterocycles. The van der Waals surface area contributed by atoms with Crippen LogP contribution in [-0.2, 0) is 4.79 Å². The van der Waals surface area contributed by atoms with Crippen LogP contribution in [0.15, 0.2) is 0 Å². The zero-order valence-electron chi connectivity index (χ0n) is 11.5. The number of amides is 1. The number of piperidine rings is 1. The van der Waals surface area contributed by atoms with Gasteiger partial charge in [-0.2, -0.15) is 0 Å². The van der Waals surface area contributed by atoms with E-state index in [2.05, 4.69) is 18.7 Å². The lowest BCUT2D eigenvalue weighted by molar-refractivity contribution is -0.130. The van der Waals surface area contributed by atoms with E-state index in [4.69, 9.17) is 5.73 Å². The number of rotatable bonds is 5. The van der Waals surface area contributed by atoms with Crippen molar-refractivity contribution in [3.8, 4) is 0 Å². The molecule has 0 aromatic carbocycles. The standard InChI is InChI=1S/C13H27N3O/c1-11(2)16(9-6-14)10-13-4-7-15(8-5-13)12(3)17/h11,13H,4-10,14H2,1-3H3. The van der Waals surface area contributed by atoms with Crippen LogP contribution in [-0.4, -0.2) is 54.5 Å². The normalized spacial score (nSPS) is 18.1. The van der Waals surface area contributed by atoms with Gasteiger partial charge in [0.15, 0.2) is 0 Å². The molecule has 100 valence electrons. The minimum Gasteiger partial charge on any atom is -0.343 e. The maximum absolute atomic E-state index is 11.2. The number of likely N-dealkylation sites (tertiary alicyclic amines) is 1. The Bertz CT molecular complexity index is 235. The fraction of sp³-hybridized carbons (Fsp3) is 0.923. The van der Waals surface area contributed by atoms with Crippen LogP contribution >= 0.6 is 0 Å². The van der Waals surface area contributed by atoms with E-state index in [1.807, 2.05) is 4.90 Å². The highest BCUT2D eigenvalue weighted by Crippen LogP contribution is 2.19. The number of hydrogen-bond acceptors (Lipinski definition) is 3. The van der Waals surface area contributed by atoms with Gasteiger partial charge >= 0.3 is 0 Å². The molecule has 1 amide bonds. The predicted molar refractivity (Wildman–Crippen MR) is 70.7 cm³/mol. The highest BCUT2D eigenvalue weighted by molar-refractivity contribution is 5.73. The van der Waals surface area contributed by atoms with Gasteiger partial charge < -0.3 is 10.6 Å². The molecule has 0 bridgehead atoms. The molecule has 1 saturated heterocycles. The molecular formula is C13H27N3O. The average molecular weight is 241 g/mol. The molecule has 17 heavy (non-hydrogen) atoms. The van der Waals surface area contributed by atoms with Gasteiger partial charge in [0.25, 0.3) is 0 Å². The number of carbonyl (C=O) groups excluding carboxylic acids is 1. The minimum absolute atomic E-state index is 0.214. The molecule has 0 unspecified atom stereocenters. The Balaban J connectivity index is 2.35. The number of hydrogen-bond donors (Lipinski definition) is 1. The molecule has 1 aliphatic rings. The third-order valence-corrected chi connectivity index (χ3v) is 3.70. The summed E-state index contributed by atoms with van der Waals surface area (Å²) in [7, 11) is 0. The van der Waals surface area contributed by atoms with Crippen LogP contribution in [0.1, 0.15) is 33.6 Å². The Morgan fingerprint density at radius 1 is 1.41 bits per heavy atom. The van der Waals surface area contributed by atoms with Crippen LogP contribution in [0.5, 0.6) is 0 Å². The molecule has 0 radical (unpaired) electrons. The van der Waals surface area contributed by atoms with Gasteiger partial charge in [0, 0.05) is 45.7 Å². The summed E-state index contributed by atoms with van der Waals surface area (Å²) in [5, 5.41) is 0. The van der Waals surface area contributed by atoms with E-state index in [1.165, 1.54) is 0 Å². The van der Waals surface area contributed by atoms with Gasteiger partial charge in [0.1, 0.15) is 0 Å². The second-order valence-corrected chi connectivity index (χ2v) is 5.33. The lowest BCUT2D eigenvalue weighted by atomic mass is 9.95. The molecule has 1 rings (SSSR count). The molecule has 0 aliphatic carbocycles. The van der Waals surface area contributed by atoms with Gasteiger partial charge in [0.2, 0.25) is 5.91 Å². The zero-order chi connectivity index (χ0) is 12.8. The van der Waals surface area contributed by atoms with Crippen molar-refractivity contribution in [1.29, 1.82) is 0 Å². The minimum atomic E-state index is 0.214. The highest BCUT2D eigenvalue weighted by atomic mass is 16.2. The Morgan fingerprint density at radius 2 is 2.00 bits per heavy atom. The van der Waals surface area contributed by atoms with Crippen LogP contribution in [0.25, 0.3) is 0 Å². The van der Waals surface area contributed by atoms with Crippen molar-refractivity contribution in [1.82, 2.24) is 9.80 Å². The van der Waals surface area contributed by atoms with Gasteiger partial charge in [-0.25, -0.2) is 0 Å². The van der Waals surface area contributed by atoms with Gasteiger partial charge in [-0.05, 0) is 32.6 Å². The van der Waals surface area contributed by atoms with Crippen LogP contribution in [0.3, 0.4) is 0 Å². The van der Waals surface area contributed by atoms with Crippen molar-refractivity contribution >= 4 is 5.91 Å². The Morgan fingerprint density at radius 3 is 2.41 bits per heavy atom. The molecule has 4 nitrogen and oxygen atoms in total. The smallest absolute Gasteiger partial charge is 0.219 e. The van der Waals surface area contributed by atoms with Crippen LogP contribution in [0, 0.1) is 5.92 Å². The van der Waals surface area contributed by atoms with Gasteiger partial charge in [-0.3, -0.25) is 9.69 Å². The lowest BCUT2D eigenvalue weighted by Crippen LogP contribution is -2.43. The van der Waals surface area contributed by atoms with Crippen LogP contribution in [0.2, 0.25) is 0 Å². The summed E-state index contributed by atoms with van der Waals surface area (Å²) >= 11 is 0. The van der Waals surface area contributed by atoms with E-state index >= 15 is 0 Å². The summed E-state index contributed by atoms with van der Waals surface area (Å²) in [6, 6.07) is 0.560. The van der Waals surface area contributed by atoms with E-state index in [9.17, 15) is 4.79 Å².